The Morgan fingerprint density at radius 3 is 2.36 bits per heavy atom. The maximum Gasteiger partial charge on any atom is 0.266 e. The van der Waals surface area contributed by atoms with Crippen molar-refractivity contribution in [2.24, 2.45) is 4.99 Å². The summed E-state index contributed by atoms with van der Waals surface area (Å²) in [5, 5.41) is 8.94. The molecule has 186 valence electrons. The van der Waals surface area contributed by atoms with E-state index >= 15 is 0 Å². The molecule has 0 saturated carbocycles. The lowest BCUT2D eigenvalue weighted by atomic mass is 9.84. The van der Waals surface area contributed by atoms with Crippen LogP contribution in [0.3, 0.4) is 0 Å². The predicted octanol–water partition coefficient (Wildman–Crippen LogP) is 4.20. The van der Waals surface area contributed by atoms with Crippen molar-refractivity contribution in [3.8, 4) is 16.9 Å². The molecule has 3 aromatic rings. The van der Waals surface area contributed by atoms with Gasteiger partial charge in [0.15, 0.2) is 11.6 Å². The van der Waals surface area contributed by atoms with Crippen molar-refractivity contribution < 1.29 is 19.4 Å². The average molecular weight is 486 g/mol. The molecule has 0 fully saturated rings. The molecule has 1 amide bonds. The van der Waals surface area contributed by atoms with Crippen molar-refractivity contribution in [3.63, 3.8) is 0 Å². The lowest BCUT2D eigenvalue weighted by Crippen LogP contribution is -2.51. The van der Waals surface area contributed by atoms with Crippen molar-refractivity contribution in [3.05, 3.63) is 103 Å². The molecule has 1 aliphatic heterocycles. The number of aliphatic hydroxyl groups is 1. The van der Waals surface area contributed by atoms with Crippen LogP contribution in [0.15, 0.2) is 96.5 Å². The molecule has 0 saturated heterocycles. The summed E-state index contributed by atoms with van der Waals surface area (Å²) in [4.78, 5) is 18.2. The zero-order chi connectivity index (χ0) is 25.4. The summed E-state index contributed by atoms with van der Waals surface area (Å²) in [7, 11) is 1.64. The monoisotopic (exact) mass is 485 g/mol. The van der Waals surface area contributed by atoms with Crippen molar-refractivity contribution in [1.82, 2.24) is 10.9 Å². The number of nitrogens with zero attached hydrogens (tertiary/aromatic N) is 1. The summed E-state index contributed by atoms with van der Waals surface area (Å²) in [6.45, 7) is 4.39. The molecular weight excluding hydrogens is 454 g/mol. The fraction of sp³-hybridized carbons (Fsp3) is 0.241. The number of aliphatic hydroxyl groups excluding tert-OH is 1. The van der Waals surface area contributed by atoms with Crippen LogP contribution in [0, 0.1) is 0 Å². The Morgan fingerprint density at radius 2 is 1.72 bits per heavy atom. The third-order valence-electron chi connectivity index (χ3n) is 6.04. The number of amides is 1. The first-order chi connectivity index (χ1) is 17.6. The van der Waals surface area contributed by atoms with Crippen molar-refractivity contribution >= 4 is 11.8 Å². The highest BCUT2D eigenvalue weighted by Crippen LogP contribution is 2.43. The first-order valence-corrected chi connectivity index (χ1v) is 12.0. The van der Waals surface area contributed by atoms with Gasteiger partial charge in [-0.1, -0.05) is 60.7 Å². The van der Waals surface area contributed by atoms with Gasteiger partial charge < -0.3 is 14.6 Å². The standard InChI is InChI=1S/C29H31N3O4/c1-3-18-29(28(34)32-30-2)26(23-12-10-22(11-13-23)21-8-5-4-6-9-21)36-27(31-29)24-14-16-25(17-15-24)35-20-7-19-33/h3-6,8-17,26,30,33H,1,7,18-20H2,2H3,(H,32,34)/t26-,29-/m0/s1. The molecule has 0 unspecified atom stereocenters. The molecule has 0 aliphatic carbocycles. The molecule has 7 nitrogen and oxygen atoms in total. The largest absolute Gasteiger partial charge is 0.494 e. The highest BCUT2D eigenvalue weighted by atomic mass is 16.5. The fourth-order valence-corrected chi connectivity index (χ4v) is 4.24. The summed E-state index contributed by atoms with van der Waals surface area (Å²) in [6, 6.07) is 25.5. The van der Waals surface area contributed by atoms with Crippen molar-refractivity contribution in [1.29, 1.82) is 0 Å². The second kappa shape index (κ2) is 11.7. The molecule has 0 bridgehead atoms. The van der Waals surface area contributed by atoms with E-state index in [4.69, 9.17) is 19.6 Å². The van der Waals surface area contributed by atoms with E-state index in [2.05, 4.69) is 29.6 Å². The Labute approximate surface area is 211 Å². The van der Waals surface area contributed by atoms with E-state index in [9.17, 15) is 4.79 Å². The molecule has 1 aliphatic rings. The number of rotatable bonds is 11. The van der Waals surface area contributed by atoms with Crippen LogP contribution in [-0.4, -0.2) is 42.7 Å². The number of nitrogens with one attached hydrogen (secondary N) is 2. The zero-order valence-corrected chi connectivity index (χ0v) is 20.3. The highest BCUT2D eigenvalue weighted by Gasteiger charge is 2.52. The molecule has 36 heavy (non-hydrogen) atoms. The van der Waals surface area contributed by atoms with E-state index in [1.54, 1.807) is 13.1 Å². The molecule has 0 radical (unpaired) electrons. The van der Waals surface area contributed by atoms with Gasteiger partial charge >= 0.3 is 0 Å². The van der Waals surface area contributed by atoms with Gasteiger partial charge in [0.1, 0.15) is 5.75 Å². The molecule has 3 N–H and O–H groups in total. The minimum absolute atomic E-state index is 0.0799. The maximum atomic E-state index is 13.4. The van der Waals surface area contributed by atoms with E-state index < -0.39 is 11.6 Å². The van der Waals surface area contributed by atoms with Crippen LogP contribution < -0.4 is 15.6 Å². The Bertz CT molecular complexity index is 1190. The Balaban J connectivity index is 1.67. The summed E-state index contributed by atoms with van der Waals surface area (Å²) in [5.41, 5.74) is 7.95. The summed E-state index contributed by atoms with van der Waals surface area (Å²) in [5.74, 6) is 0.757. The number of carbonyl (C=O) groups excluding carboxylic acids is 1. The van der Waals surface area contributed by atoms with Gasteiger partial charge in [-0.15, -0.1) is 6.58 Å². The van der Waals surface area contributed by atoms with Gasteiger partial charge in [0.05, 0.1) is 6.61 Å². The Kier molecular flexibility index (Phi) is 8.15. The van der Waals surface area contributed by atoms with E-state index in [-0.39, 0.29) is 18.9 Å². The molecule has 0 spiro atoms. The third-order valence-corrected chi connectivity index (χ3v) is 6.04. The molecule has 0 aromatic heterocycles. The van der Waals surface area contributed by atoms with E-state index in [0.717, 1.165) is 22.3 Å². The molecule has 7 heteroatoms. The number of hydrogen-bond donors (Lipinski definition) is 3. The number of hydrogen-bond acceptors (Lipinski definition) is 6. The van der Waals surface area contributed by atoms with Gasteiger partial charge in [-0.2, -0.15) is 0 Å². The number of carbonyl (C=O) groups is 1. The van der Waals surface area contributed by atoms with E-state index in [1.807, 2.05) is 66.7 Å². The van der Waals surface area contributed by atoms with Crippen LogP contribution in [0.2, 0.25) is 0 Å². The van der Waals surface area contributed by atoms with Crippen LogP contribution in [0.4, 0.5) is 0 Å². The van der Waals surface area contributed by atoms with Crippen LogP contribution in [-0.2, 0) is 9.53 Å². The van der Waals surface area contributed by atoms with Crippen molar-refractivity contribution in [2.45, 2.75) is 24.5 Å². The van der Waals surface area contributed by atoms with Crippen LogP contribution in [0.5, 0.6) is 5.75 Å². The zero-order valence-electron chi connectivity index (χ0n) is 20.3. The van der Waals surface area contributed by atoms with Gasteiger partial charge in [0, 0.05) is 32.1 Å². The summed E-state index contributed by atoms with van der Waals surface area (Å²) >= 11 is 0. The number of benzene rings is 3. The Morgan fingerprint density at radius 1 is 1.06 bits per heavy atom. The molecule has 3 aromatic carbocycles. The SMILES string of the molecule is C=CC[C@]1(C(=O)NNC)N=C(c2ccc(OCCCO)cc2)O[C@H]1c1ccc(-c2ccccc2)cc1. The lowest BCUT2D eigenvalue weighted by molar-refractivity contribution is -0.129. The van der Waals surface area contributed by atoms with Gasteiger partial charge in [-0.25, -0.2) is 10.4 Å². The van der Waals surface area contributed by atoms with Crippen LogP contribution >= 0.6 is 0 Å². The third kappa shape index (κ3) is 5.32. The minimum atomic E-state index is -1.23. The maximum absolute atomic E-state index is 13.4. The lowest BCUT2D eigenvalue weighted by Gasteiger charge is -2.29. The average Bonchev–Trinajstić information content (AvgIpc) is 3.31. The van der Waals surface area contributed by atoms with Crippen molar-refractivity contribution in [2.75, 3.05) is 20.3 Å². The van der Waals surface area contributed by atoms with Crippen LogP contribution in [0.1, 0.15) is 30.1 Å². The first-order valence-electron chi connectivity index (χ1n) is 12.0. The summed E-state index contributed by atoms with van der Waals surface area (Å²) in [6.07, 6.45) is 1.89. The van der Waals surface area contributed by atoms with Gasteiger partial charge in [0.25, 0.3) is 5.91 Å². The Hall–Kier alpha value is -3.94. The molecule has 4 rings (SSSR count). The quantitative estimate of drug-likeness (QED) is 0.215. The minimum Gasteiger partial charge on any atom is -0.494 e. The first kappa shape index (κ1) is 25.2. The predicted molar refractivity (Wildman–Crippen MR) is 141 cm³/mol. The normalized spacial score (nSPS) is 18.7. The fourth-order valence-electron chi connectivity index (χ4n) is 4.24. The van der Waals surface area contributed by atoms with E-state index in [0.29, 0.717) is 24.7 Å². The second-order valence-corrected chi connectivity index (χ2v) is 8.47. The van der Waals surface area contributed by atoms with Crippen LogP contribution in [0.25, 0.3) is 11.1 Å². The topological polar surface area (TPSA) is 92.2 Å². The molecular formula is C29H31N3O4. The van der Waals surface area contributed by atoms with Gasteiger partial charge in [-0.05, 0) is 41.0 Å². The smallest absolute Gasteiger partial charge is 0.266 e. The number of ether oxygens (including phenoxy) is 2. The van der Waals surface area contributed by atoms with E-state index in [1.165, 1.54) is 0 Å². The van der Waals surface area contributed by atoms with Gasteiger partial charge in [0.2, 0.25) is 5.90 Å². The highest BCUT2D eigenvalue weighted by molar-refractivity contribution is 6.01. The second-order valence-electron chi connectivity index (χ2n) is 8.47. The summed E-state index contributed by atoms with van der Waals surface area (Å²) < 4.78 is 12.0. The number of hydrazine groups is 1. The molecule has 1 heterocycles. The number of aliphatic imine (C=N–C) groups is 1. The van der Waals surface area contributed by atoms with Gasteiger partial charge in [-0.3, -0.25) is 10.2 Å². The molecule has 2 atom stereocenters.